The number of amides is 2. The molecule has 1 heterocycles. The minimum Gasteiger partial charge on any atom is -0.489 e. The van der Waals surface area contributed by atoms with Gasteiger partial charge in [0.2, 0.25) is 11.8 Å². The molecule has 254 valence electrons. The van der Waals surface area contributed by atoms with E-state index in [1.54, 1.807) is 4.90 Å². The SMILES string of the molecule is CC(C)c1ccc(COc2ccc3c(c2)C(C(=O)NC(CC(=O)O)c2ccc(-c4ccccc4)cc2)N(C(=O)CC2CCCC2)CC3)cc1. The van der Waals surface area contributed by atoms with Crippen LogP contribution in [-0.4, -0.2) is 34.3 Å². The van der Waals surface area contributed by atoms with E-state index in [9.17, 15) is 19.5 Å². The van der Waals surface area contributed by atoms with E-state index in [-0.39, 0.29) is 18.2 Å². The highest BCUT2D eigenvalue weighted by Gasteiger charge is 2.38. The summed E-state index contributed by atoms with van der Waals surface area (Å²) in [5.74, 6) is -0.0447. The zero-order chi connectivity index (χ0) is 34.3. The summed E-state index contributed by atoms with van der Waals surface area (Å²) in [7, 11) is 0. The molecule has 4 aromatic carbocycles. The van der Waals surface area contributed by atoms with E-state index < -0.39 is 18.1 Å². The maximum absolute atomic E-state index is 14.4. The fourth-order valence-corrected chi connectivity index (χ4v) is 7.19. The Morgan fingerprint density at radius 1 is 0.857 bits per heavy atom. The van der Waals surface area contributed by atoms with E-state index in [4.69, 9.17) is 4.74 Å². The molecule has 2 N–H and O–H groups in total. The predicted octanol–water partition coefficient (Wildman–Crippen LogP) is 8.39. The molecule has 7 heteroatoms. The number of nitrogens with zero attached hydrogens (tertiary/aromatic N) is 1. The van der Waals surface area contributed by atoms with Gasteiger partial charge in [0.15, 0.2) is 0 Å². The summed E-state index contributed by atoms with van der Waals surface area (Å²) in [5.41, 5.74) is 6.76. The van der Waals surface area contributed by atoms with Crippen LogP contribution in [0.1, 0.15) is 98.2 Å². The van der Waals surface area contributed by atoms with Crippen LogP contribution in [0.4, 0.5) is 0 Å². The van der Waals surface area contributed by atoms with Gasteiger partial charge in [-0.2, -0.15) is 0 Å². The van der Waals surface area contributed by atoms with Gasteiger partial charge in [-0.05, 0) is 82.2 Å². The number of rotatable bonds is 12. The maximum Gasteiger partial charge on any atom is 0.305 e. The number of carboxylic acid groups (broad SMARTS) is 1. The van der Waals surface area contributed by atoms with Gasteiger partial charge in [-0.15, -0.1) is 0 Å². The number of benzene rings is 4. The average molecular weight is 659 g/mol. The van der Waals surface area contributed by atoms with Gasteiger partial charge in [-0.1, -0.05) is 112 Å². The number of hydrogen-bond donors (Lipinski definition) is 2. The minimum absolute atomic E-state index is 0.0312. The lowest BCUT2D eigenvalue weighted by atomic mass is 9.90. The second-order valence-electron chi connectivity index (χ2n) is 13.8. The van der Waals surface area contributed by atoms with E-state index >= 15 is 0 Å². The number of ether oxygens (including phenoxy) is 1. The average Bonchev–Trinajstić information content (AvgIpc) is 3.63. The van der Waals surface area contributed by atoms with Gasteiger partial charge < -0.3 is 20.1 Å². The Morgan fingerprint density at radius 2 is 1.53 bits per heavy atom. The van der Waals surface area contributed by atoms with Crippen molar-refractivity contribution in [2.45, 2.75) is 83.4 Å². The third kappa shape index (κ3) is 8.40. The Labute approximate surface area is 289 Å². The molecular formula is C42H46N2O5. The normalized spacial score (nSPS) is 16.6. The lowest BCUT2D eigenvalue weighted by Gasteiger charge is -2.38. The summed E-state index contributed by atoms with van der Waals surface area (Å²) in [4.78, 5) is 42.0. The molecule has 0 aromatic heterocycles. The third-order valence-electron chi connectivity index (χ3n) is 10.0. The molecule has 2 amide bonds. The van der Waals surface area contributed by atoms with Crippen LogP contribution in [0.2, 0.25) is 0 Å². The molecule has 2 aliphatic rings. The number of aliphatic carboxylic acids is 1. The number of carbonyl (C=O) groups excluding carboxylic acids is 2. The number of carboxylic acids is 1. The van der Waals surface area contributed by atoms with Crippen molar-refractivity contribution < 1.29 is 24.2 Å². The summed E-state index contributed by atoms with van der Waals surface area (Å²) >= 11 is 0. The quantitative estimate of drug-likeness (QED) is 0.159. The van der Waals surface area contributed by atoms with Crippen molar-refractivity contribution in [1.82, 2.24) is 10.2 Å². The summed E-state index contributed by atoms with van der Waals surface area (Å²) in [6, 6.07) is 30.1. The number of nitrogens with one attached hydrogen (secondary N) is 1. The molecule has 4 aromatic rings. The maximum atomic E-state index is 14.4. The second kappa shape index (κ2) is 15.5. The van der Waals surface area contributed by atoms with Crippen LogP contribution in [0, 0.1) is 5.92 Å². The third-order valence-corrected chi connectivity index (χ3v) is 10.0. The number of fused-ring (bicyclic) bond motifs is 1. The summed E-state index contributed by atoms with van der Waals surface area (Å²) in [6.07, 6.45) is 5.08. The van der Waals surface area contributed by atoms with Crippen LogP contribution < -0.4 is 10.1 Å². The molecule has 6 rings (SSSR count). The topological polar surface area (TPSA) is 95.9 Å². The molecule has 1 aliphatic heterocycles. The first-order valence-electron chi connectivity index (χ1n) is 17.6. The first kappa shape index (κ1) is 34.0. The fraction of sp³-hybridized carbons (Fsp3) is 0.357. The Morgan fingerprint density at radius 3 is 2.20 bits per heavy atom. The summed E-state index contributed by atoms with van der Waals surface area (Å²) < 4.78 is 6.23. The van der Waals surface area contributed by atoms with Crippen LogP contribution in [0.25, 0.3) is 11.1 Å². The van der Waals surface area contributed by atoms with Crippen LogP contribution >= 0.6 is 0 Å². The van der Waals surface area contributed by atoms with E-state index in [0.29, 0.717) is 49.1 Å². The molecule has 0 saturated heterocycles. The fourth-order valence-electron chi connectivity index (χ4n) is 7.19. The van der Waals surface area contributed by atoms with Crippen molar-refractivity contribution in [3.8, 4) is 16.9 Å². The smallest absolute Gasteiger partial charge is 0.305 e. The molecule has 49 heavy (non-hydrogen) atoms. The zero-order valence-corrected chi connectivity index (χ0v) is 28.4. The van der Waals surface area contributed by atoms with Gasteiger partial charge in [0.1, 0.15) is 18.4 Å². The van der Waals surface area contributed by atoms with E-state index in [2.05, 4.69) is 43.4 Å². The van der Waals surface area contributed by atoms with Crippen LogP contribution in [0.5, 0.6) is 5.75 Å². The second-order valence-corrected chi connectivity index (χ2v) is 13.8. The van der Waals surface area contributed by atoms with E-state index in [0.717, 1.165) is 53.5 Å². The molecule has 0 spiro atoms. The van der Waals surface area contributed by atoms with Crippen LogP contribution in [0.15, 0.2) is 97.1 Å². The summed E-state index contributed by atoms with van der Waals surface area (Å²) in [5, 5.41) is 12.9. The largest absolute Gasteiger partial charge is 0.489 e. The zero-order valence-electron chi connectivity index (χ0n) is 28.4. The Balaban J connectivity index is 1.27. The molecule has 2 unspecified atom stereocenters. The Hall–Kier alpha value is -4.91. The Kier molecular flexibility index (Phi) is 10.8. The molecule has 7 nitrogen and oxygen atoms in total. The monoisotopic (exact) mass is 658 g/mol. The first-order chi connectivity index (χ1) is 23.7. The Bertz CT molecular complexity index is 1740. The minimum atomic E-state index is -1.02. The highest BCUT2D eigenvalue weighted by molar-refractivity contribution is 5.90. The van der Waals surface area contributed by atoms with Gasteiger partial charge >= 0.3 is 5.97 Å². The van der Waals surface area contributed by atoms with Gasteiger partial charge in [-0.3, -0.25) is 14.4 Å². The van der Waals surface area contributed by atoms with Crippen LogP contribution in [0.3, 0.4) is 0 Å². The molecule has 2 atom stereocenters. The van der Waals surface area contributed by atoms with Gasteiger partial charge in [0.05, 0.1) is 12.5 Å². The molecular weight excluding hydrogens is 612 g/mol. The van der Waals surface area contributed by atoms with Gasteiger partial charge in [0, 0.05) is 13.0 Å². The number of carbonyl (C=O) groups is 3. The summed E-state index contributed by atoms with van der Waals surface area (Å²) in [6.45, 7) is 5.13. The standard InChI is InChI=1S/C42H46N2O5/c1-28(2)31-14-12-30(13-15-31)27-49-36-21-20-34-22-23-44(39(45)24-29-8-6-7-9-29)41(37(34)25-36)42(48)43-38(26-40(46)47)35-18-16-33(17-19-35)32-10-4-3-5-11-32/h3-5,10-21,25,28-29,38,41H,6-9,22-24,26-27H2,1-2H3,(H,43,48)(H,46,47). The van der Waals surface area contributed by atoms with Gasteiger partial charge in [-0.25, -0.2) is 0 Å². The van der Waals surface area contributed by atoms with Crippen molar-refractivity contribution in [1.29, 1.82) is 0 Å². The lowest BCUT2D eigenvalue weighted by molar-refractivity contribution is -0.143. The van der Waals surface area contributed by atoms with Crippen molar-refractivity contribution in [3.63, 3.8) is 0 Å². The first-order valence-corrected chi connectivity index (χ1v) is 17.6. The van der Waals surface area contributed by atoms with Gasteiger partial charge in [0.25, 0.3) is 0 Å². The van der Waals surface area contributed by atoms with Crippen molar-refractivity contribution in [3.05, 3.63) is 125 Å². The predicted molar refractivity (Wildman–Crippen MR) is 191 cm³/mol. The van der Waals surface area contributed by atoms with Crippen LogP contribution in [-0.2, 0) is 27.4 Å². The van der Waals surface area contributed by atoms with E-state index in [1.807, 2.05) is 72.8 Å². The van der Waals surface area contributed by atoms with Crippen molar-refractivity contribution in [2.75, 3.05) is 6.54 Å². The molecule has 0 bridgehead atoms. The van der Waals surface area contributed by atoms with E-state index in [1.165, 1.54) is 5.56 Å². The molecule has 1 aliphatic carbocycles. The number of hydrogen-bond acceptors (Lipinski definition) is 4. The highest BCUT2D eigenvalue weighted by atomic mass is 16.5. The lowest BCUT2D eigenvalue weighted by Crippen LogP contribution is -2.48. The molecule has 1 saturated carbocycles. The molecule has 1 fully saturated rings. The van der Waals surface area contributed by atoms with Crippen molar-refractivity contribution in [2.24, 2.45) is 5.92 Å². The molecule has 0 radical (unpaired) electrons. The van der Waals surface area contributed by atoms with Crippen molar-refractivity contribution >= 4 is 17.8 Å². The highest BCUT2D eigenvalue weighted by Crippen LogP contribution is 2.36.